The highest BCUT2D eigenvalue weighted by atomic mass is 16.3. The number of furan rings is 1. The molecule has 0 aliphatic carbocycles. The molecular formula is C25H29N5O4. The van der Waals surface area contributed by atoms with Crippen molar-refractivity contribution >= 4 is 29.3 Å². The Morgan fingerprint density at radius 3 is 2.03 bits per heavy atom. The van der Waals surface area contributed by atoms with Crippen LogP contribution in [0.2, 0.25) is 0 Å². The zero-order chi connectivity index (χ0) is 24.3. The minimum Gasteiger partial charge on any atom is -0.467 e. The van der Waals surface area contributed by atoms with E-state index in [0.29, 0.717) is 23.7 Å². The van der Waals surface area contributed by atoms with Crippen molar-refractivity contribution in [2.75, 3.05) is 10.6 Å². The van der Waals surface area contributed by atoms with Gasteiger partial charge in [-0.25, -0.2) is 9.59 Å². The van der Waals surface area contributed by atoms with E-state index in [4.69, 9.17) is 4.42 Å². The highest BCUT2D eigenvalue weighted by Crippen LogP contribution is 2.15. The predicted octanol–water partition coefficient (Wildman–Crippen LogP) is 4.06. The molecule has 3 aromatic rings. The fourth-order valence-corrected chi connectivity index (χ4v) is 3.12. The summed E-state index contributed by atoms with van der Waals surface area (Å²) in [5.41, 5.74) is 2.07. The normalized spacial score (nSPS) is 11.4. The number of hydrogen-bond donors (Lipinski definition) is 5. The second kappa shape index (κ2) is 12.1. The molecule has 1 unspecified atom stereocenters. The predicted molar refractivity (Wildman–Crippen MR) is 130 cm³/mol. The minimum atomic E-state index is -0.721. The van der Waals surface area contributed by atoms with E-state index in [1.807, 2.05) is 44.2 Å². The van der Waals surface area contributed by atoms with Crippen molar-refractivity contribution in [2.24, 2.45) is 5.92 Å². The maximum atomic E-state index is 12.8. The third-order valence-electron chi connectivity index (χ3n) is 4.95. The average Bonchev–Trinajstić information content (AvgIpc) is 3.35. The molecule has 0 saturated carbocycles. The van der Waals surface area contributed by atoms with Gasteiger partial charge in [-0.3, -0.25) is 4.79 Å². The van der Waals surface area contributed by atoms with Gasteiger partial charge in [-0.1, -0.05) is 44.2 Å². The molecule has 0 aliphatic rings. The standard InChI is InChI=1S/C25H29N5O4/c1-17(2)22(30-25(33)26-15-18-7-4-3-5-8-18)23(31)28-19-10-12-20(13-11-19)29-24(32)27-16-21-9-6-14-34-21/h3-14,17,22H,15-16H2,1-2H3,(H,28,31)(H2,26,30,33)(H2,27,29,32). The Morgan fingerprint density at radius 2 is 1.41 bits per heavy atom. The lowest BCUT2D eigenvalue weighted by Crippen LogP contribution is -2.50. The van der Waals surface area contributed by atoms with Crippen LogP contribution in [-0.4, -0.2) is 24.0 Å². The van der Waals surface area contributed by atoms with E-state index in [2.05, 4.69) is 26.6 Å². The van der Waals surface area contributed by atoms with E-state index in [0.717, 1.165) is 5.56 Å². The maximum absolute atomic E-state index is 12.8. The Labute approximate surface area is 198 Å². The number of amides is 5. The summed E-state index contributed by atoms with van der Waals surface area (Å²) in [7, 11) is 0. The second-order valence-corrected chi connectivity index (χ2v) is 7.99. The van der Waals surface area contributed by atoms with Gasteiger partial charge in [-0.2, -0.15) is 0 Å². The number of hydrogen-bond acceptors (Lipinski definition) is 4. The molecular weight excluding hydrogens is 434 g/mol. The first-order valence-electron chi connectivity index (χ1n) is 11.0. The molecule has 0 bridgehead atoms. The Morgan fingerprint density at radius 1 is 0.765 bits per heavy atom. The third-order valence-corrected chi connectivity index (χ3v) is 4.95. The van der Waals surface area contributed by atoms with Gasteiger partial charge in [0.05, 0.1) is 12.8 Å². The smallest absolute Gasteiger partial charge is 0.319 e. The number of nitrogens with one attached hydrogen (secondary N) is 5. The van der Waals surface area contributed by atoms with E-state index < -0.39 is 12.1 Å². The van der Waals surface area contributed by atoms with Gasteiger partial charge in [-0.15, -0.1) is 0 Å². The molecule has 0 spiro atoms. The molecule has 0 aliphatic heterocycles. The highest BCUT2D eigenvalue weighted by molar-refractivity contribution is 5.97. The van der Waals surface area contributed by atoms with E-state index in [1.54, 1.807) is 42.7 Å². The van der Waals surface area contributed by atoms with Crippen molar-refractivity contribution in [3.05, 3.63) is 84.3 Å². The van der Waals surface area contributed by atoms with Crippen molar-refractivity contribution in [3.63, 3.8) is 0 Å². The summed E-state index contributed by atoms with van der Waals surface area (Å²) in [6, 6.07) is 18.2. The van der Waals surface area contributed by atoms with Gasteiger partial charge >= 0.3 is 12.1 Å². The van der Waals surface area contributed by atoms with E-state index >= 15 is 0 Å². The molecule has 5 amide bonds. The summed E-state index contributed by atoms with van der Waals surface area (Å²) in [5.74, 6) is 0.193. The van der Waals surface area contributed by atoms with Gasteiger partial charge < -0.3 is 31.0 Å². The Balaban J connectivity index is 1.47. The first-order chi connectivity index (χ1) is 16.4. The summed E-state index contributed by atoms with van der Waals surface area (Å²) in [6.45, 7) is 4.35. The number of carbonyl (C=O) groups excluding carboxylic acids is 3. The molecule has 0 saturated heterocycles. The molecule has 9 heteroatoms. The Kier molecular flexibility index (Phi) is 8.67. The lowest BCUT2D eigenvalue weighted by atomic mass is 10.0. The first kappa shape index (κ1) is 24.4. The van der Waals surface area contributed by atoms with E-state index in [9.17, 15) is 14.4 Å². The molecule has 3 rings (SSSR count). The van der Waals surface area contributed by atoms with Crippen LogP contribution in [0.4, 0.5) is 21.0 Å². The van der Waals surface area contributed by atoms with Crippen LogP contribution in [0, 0.1) is 5.92 Å². The summed E-state index contributed by atoms with van der Waals surface area (Å²) >= 11 is 0. The number of carbonyl (C=O) groups is 3. The van der Waals surface area contributed by atoms with Crippen LogP contribution in [0.3, 0.4) is 0 Å². The molecule has 5 N–H and O–H groups in total. The highest BCUT2D eigenvalue weighted by Gasteiger charge is 2.24. The molecule has 2 aromatic carbocycles. The maximum Gasteiger partial charge on any atom is 0.319 e. The lowest BCUT2D eigenvalue weighted by molar-refractivity contribution is -0.118. The van der Waals surface area contributed by atoms with Crippen LogP contribution in [-0.2, 0) is 17.9 Å². The van der Waals surface area contributed by atoms with E-state index in [-0.39, 0.29) is 24.4 Å². The first-order valence-corrected chi connectivity index (χ1v) is 11.0. The fourth-order valence-electron chi connectivity index (χ4n) is 3.12. The second-order valence-electron chi connectivity index (χ2n) is 7.99. The SMILES string of the molecule is CC(C)C(NC(=O)NCc1ccccc1)C(=O)Nc1ccc(NC(=O)NCc2ccco2)cc1. The third kappa shape index (κ3) is 7.70. The molecule has 1 atom stereocenters. The Bertz CT molecular complexity index is 1070. The van der Waals surface area contributed by atoms with Gasteiger partial charge in [0.15, 0.2) is 0 Å². The van der Waals surface area contributed by atoms with Crippen LogP contribution in [0.25, 0.3) is 0 Å². The van der Waals surface area contributed by atoms with Gasteiger partial charge in [-0.05, 0) is 47.9 Å². The topological polar surface area (TPSA) is 125 Å². The van der Waals surface area contributed by atoms with Gasteiger partial charge in [0.25, 0.3) is 0 Å². The molecule has 1 aromatic heterocycles. The monoisotopic (exact) mass is 463 g/mol. The van der Waals surface area contributed by atoms with Crippen molar-refractivity contribution in [1.29, 1.82) is 0 Å². The van der Waals surface area contributed by atoms with Crippen LogP contribution in [0.1, 0.15) is 25.2 Å². The van der Waals surface area contributed by atoms with E-state index in [1.165, 1.54) is 0 Å². The summed E-state index contributed by atoms with van der Waals surface area (Å²) in [6.07, 6.45) is 1.54. The molecule has 34 heavy (non-hydrogen) atoms. The Hall–Kier alpha value is -4.27. The van der Waals surface area contributed by atoms with Crippen molar-refractivity contribution in [3.8, 4) is 0 Å². The van der Waals surface area contributed by atoms with Gasteiger partial charge in [0, 0.05) is 17.9 Å². The average molecular weight is 464 g/mol. The van der Waals surface area contributed by atoms with Crippen LogP contribution in [0.5, 0.6) is 0 Å². The van der Waals surface area contributed by atoms with Crippen molar-refractivity contribution in [2.45, 2.75) is 33.0 Å². The van der Waals surface area contributed by atoms with Crippen molar-refractivity contribution < 1.29 is 18.8 Å². The van der Waals surface area contributed by atoms with Gasteiger partial charge in [0.2, 0.25) is 5.91 Å². The summed E-state index contributed by atoms with van der Waals surface area (Å²) in [5, 5.41) is 13.7. The molecule has 1 heterocycles. The number of urea groups is 2. The number of rotatable bonds is 9. The number of anilines is 2. The van der Waals surface area contributed by atoms with Crippen LogP contribution < -0.4 is 26.6 Å². The number of benzene rings is 2. The lowest BCUT2D eigenvalue weighted by Gasteiger charge is -2.22. The fraction of sp³-hybridized carbons (Fsp3) is 0.240. The van der Waals surface area contributed by atoms with Gasteiger partial charge in [0.1, 0.15) is 11.8 Å². The molecule has 178 valence electrons. The van der Waals surface area contributed by atoms with Crippen LogP contribution in [0.15, 0.2) is 77.4 Å². The summed E-state index contributed by atoms with van der Waals surface area (Å²) in [4.78, 5) is 37.1. The molecule has 0 radical (unpaired) electrons. The van der Waals surface area contributed by atoms with Crippen LogP contribution >= 0.6 is 0 Å². The minimum absolute atomic E-state index is 0.124. The summed E-state index contributed by atoms with van der Waals surface area (Å²) < 4.78 is 5.17. The quantitative estimate of drug-likeness (QED) is 0.328. The molecule has 0 fully saturated rings. The van der Waals surface area contributed by atoms with Crippen molar-refractivity contribution in [1.82, 2.24) is 16.0 Å². The zero-order valence-corrected chi connectivity index (χ0v) is 19.1. The largest absolute Gasteiger partial charge is 0.467 e. The zero-order valence-electron chi connectivity index (χ0n) is 19.1. The molecule has 9 nitrogen and oxygen atoms in total.